The molecule has 0 atom stereocenters. The largest absolute Gasteiger partial charge is 0.398 e. The van der Waals surface area contributed by atoms with Gasteiger partial charge in [-0.1, -0.05) is 0 Å². The average Bonchev–Trinajstić information content (AvgIpc) is 2.98. The van der Waals surface area contributed by atoms with Crippen LogP contribution >= 0.6 is 11.8 Å². The van der Waals surface area contributed by atoms with E-state index in [0.717, 1.165) is 23.5 Å². The first-order chi connectivity index (χ1) is 7.65. The van der Waals surface area contributed by atoms with E-state index < -0.39 is 0 Å². The molecular weight excluding hydrogens is 223 g/mol. The third kappa shape index (κ3) is 2.48. The first-order valence-corrected chi connectivity index (χ1v) is 6.19. The molecule has 2 rings (SSSR count). The number of nitriles is 1. The van der Waals surface area contributed by atoms with Crippen LogP contribution in [0.15, 0.2) is 23.1 Å². The molecule has 0 aromatic heterocycles. The molecule has 0 heterocycles. The molecule has 0 radical (unpaired) electrons. The molecule has 1 fully saturated rings. The van der Waals surface area contributed by atoms with Crippen LogP contribution in [0.2, 0.25) is 0 Å². The Balaban J connectivity index is 1.98. The molecule has 4 heteroatoms. The third-order valence-corrected chi connectivity index (χ3v) is 4.36. The van der Waals surface area contributed by atoms with E-state index in [-0.39, 0.29) is 11.2 Å². The summed E-state index contributed by atoms with van der Waals surface area (Å²) in [6, 6.07) is 6.69. The third-order valence-electron chi connectivity index (χ3n) is 2.92. The van der Waals surface area contributed by atoms with E-state index in [1.54, 1.807) is 17.8 Å². The average molecular weight is 236 g/mol. The van der Waals surface area contributed by atoms with Gasteiger partial charge in [0.2, 0.25) is 0 Å². The fourth-order valence-electron chi connectivity index (χ4n) is 1.60. The fourth-order valence-corrected chi connectivity index (χ4v) is 2.84. The first kappa shape index (κ1) is 11.3. The fraction of sp³-hybridized carbons (Fsp3) is 0.417. The Kier molecular flexibility index (Phi) is 3.06. The van der Waals surface area contributed by atoms with Crippen LogP contribution in [-0.4, -0.2) is 5.75 Å². The van der Waals surface area contributed by atoms with Crippen LogP contribution in [-0.2, 0) is 0 Å². The van der Waals surface area contributed by atoms with Crippen LogP contribution in [0.25, 0.3) is 0 Å². The molecule has 84 valence electrons. The van der Waals surface area contributed by atoms with E-state index in [1.807, 2.05) is 0 Å². The van der Waals surface area contributed by atoms with E-state index in [2.05, 4.69) is 6.07 Å². The highest BCUT2D eigenvalue weighted by atomic mass is 32.2. The molecule has 1 aromatic carbocycles. The summed E-state index contributed by atoms with van der Waals surface area (Å²) in [7, 11) is 0. The predicted molar refractivity (Wildman–Crippen MR) is 63.4 cm³/mol. The van der Waals surface area contributed by atoms with Crippen LogP contribution in [0.1, 0.15) is 19.3 Å². The molecule has 1 aliphatic rings. The maximum atomic E-state index is 12.8. The smallest absolute Gasteiger partial charge is 0.125 e. The predicted octanol–water partition coefficient (Wildman–Crippen LogP) is 3.19. The normalized spacial score (nSPS) is 16.8. The van der Waals surface area contributed by atoms with Crippen LogP contribution < -0.4 is 5.73 Å². The van der Waals surface area contributed by atoms with Gasteiger partial charge >= 0.3 is 0 Å². The van der Waals surface area contributed by atoms with Crippen LogP contribution in [0.5, 0.6) is 0 Å². The first-order valence-electron chi connectivity index (χ1n) is 5.20. The van der Waals surface area contributed by atoms with Crippen molar-refractivity contribution in [2.45, 2.75) is 24.2 Å². The monoisotopic (exact) mass is 236 g/mol. The van der Waals surface area contributed by atoms with Gasteiger partial charge in [0.15, 0.2) is 0 Å². The lowest BCUT2D eigenvalue weighted by atomic mass is 10.1. The maximum absolute atomic E-state index is 12.8. The van der Waals surface area contributed by atoms with E-state index in [1.165, 1.54) is 12.1 Å². The second-order valence-electron chi connectivity index (χ2n) is 4.31. The van der Waals surface area contributed by atoms with E-state index in [4.69, 9.17) is 11.0 Å². The zero-order valence-electron chi connectivity index (χ0n) is 8.87. The van der Waals surface area contributed by atoms with Crippen LogP contribution in [0, 0.1) is 22.6 Å². The number of anilines is 1. The SMILES string of the molecule is N#CCC1(CSc2ccc(F)cc2N)CC1. The number of halogens is 1. The molecule has 1 aromatic rings. The number of benzene rings is 1. The van der Waals surface area contributed by atoms with Crippen molar-refractivity contribution < 1.29 is 4.39 Å². The number of nitrogens with two attached hydrogens (primary N) is 1. The van der Waals surface area contributed by atoms with Gasteiger partial charge in [0.1, 0.15) is 5.82 Å². The van der Waals surface area contributed by atoms with Gasteiger partial charge in [0.05, 0.1) is 6.07 Å². The Hall–Kier alpha value is -1.21. The van der Waals surface area contributed by atoms with E-state index >= 15 is 0 Å². The molecule has 2 nitrogen and oxygen atoms in total. The van der Waals surface area contributed by atoms with Crippen LogP contribution in [0.3, 0.4) is 0 Å². The summed E-state index contributed by atoms with van der Waals surface area (Å²) in [5, 5.41) is 8.70. The Labute approximate surface area is 98.6 Å². The van der Waals surface area contributed by atoms with Crippen molar-refractivity contribution in [1.29, 1.82) is 5.26 Å². The summed E-state index contributed by atoms with van der Waals surface area (Å²) in [4.78, 5) is 0.908. The summed E-state index contributed by atoms with van der Waals surface area (Å²) in [6.45, 7) is 0. The van der Waals surface area contributed by atoms with Gasteiger partial charge in [-0.2, -0.15) is 5.26 Å². The topological polar surface area (TPSA) is 49.8 Å². The highest BCUT2D eigenvalue weighted by Gasteiger charge is 2.42. The number of nitrogens with zero attached hydrogens (tertiary/aromatic N) is 1. The number of nitrogen functional groups attached to an aromatic ring is 1. The van der Waals surface area contributed by atoms with Gasteiger partial charge < -0.3 is 5.73 Å². The Morgan fingerprint density at radius 3 is 2.81 bits per heavy atom. The van der Waals surface area contributed by atoms with Gasteiger partial charge in [-0.15, -0.1) is 11.8 Å². The lowest BCUT2D eigenvalue weighted by Crippen LogP contribution is -2.03. The summed E-state index contributed by atoms with van der Waals surface area (Å²) in [6.07, 6.45) is 2.85. The highest BCUT2D eigenvalue weighted by molar-refractivity contribution is 7.99. The van der Waals surface area contributed by atoms with Crippen molar-refractivity contribution in [3.63, 3.8) is 0 Å². The van der Waals surface area contributed by atoms with Gasteiger partial charge in [-0.05, 0) is 36.5 Å². The van der Waals surface area contributed by atoms with Crippen molar-refractivity contribution in [3.8, 4) is 6.07 Å². The molecule has 1 saturated carbocycles. The lowest BCUT2D eigenvalue weighted by molar-refractivity contribution is 0.604. The molecular formula is C12H13FN2S. The molecule has 2 N–H and O–H groups in total. The minimum atomic E-state index is -0.306. The quantitative estimate of drug-likeness (QED) is 0.645. The second kappa shape index (κ2) is 4.34. The number of hydrogen-bond acceptors (Lipinski definition) is 3. The standard InChI is InChI=1S/C12H13FN2S/c13-9-1-2-11(10(15)7-9)16-8-12(3-4-12)5-6-14/h1-2,7H,3-5,8,15H2. The number of rotatable bonds is 4. The molecule has 0 unspecified atom stereocenters. The number of thioether (sulfide) groups is 1. The molecule has 16 heavy (non-hydrogen) atoms. The van der Waals surface area contributed by atoms with Crippen molar-refractivity contribution >= 4 is 17.4 Å². The zero-order chi connectivity index (χ0) is 11.6. The van der Waals surface area contributed by atoms with Crippen molar-refractivity contribution in [3.05, 3.63) is 24.0 Å². The van der Waals surface area contributed by atoms with Gasteiger partial charge in [-0.3, -0.25) is 0 Å². The minimum absolute atomic E-state index is 0.195. The molecule has 1 aliphatic carbocycles. The summed E-state index contributed by atoms with van der Waals surface area (Å²) in [5.74, 6) is 0.594. The number of hydrogen-bond donors (Lipinski definition) is 1. The van der Waals surface area contributed by atoms with Gasteiger partial charge in [-0.25, -0.2) is 4.39 Å². The highest BCUT2D eigenvalue weighted by Crippen LogP contribution is 2.52. The molecule has 0 bridgehead atoms. The van der Waals surface area contributed by atoms with Crippen molar-refractivity contribution in [1.82, 2.24) is 0 Å². The summed E-state index contributed by atoms with van der Waals surface area (Å²) >= 11 is 1.62. The maximum Gasteiger partial charge on any atom is 0.125 e. The van der Waals surface area contributed by atoms with Crippen molar-refractivity contribution in [2.75, 3.05) is 11.5 Å². The van der Waals surface area contributed by atoms with Crippen LogP contribution in [0.4, 0.5) is 10.1 Å². The minimum Gasteiger partial charge on any atom is -0.398 e. The molecule has 0 amide bonds. The molecule has 0 saturated heterocycles. The molecule has 0 spiro atoms. The Morgan fingerprint density at radius 1 is 1.50 bits per heavy atom. The second-order valence-corrected chi connectivity index (χ2v) is 5.32. The van der Waals surface area contributed by atoms with Crippen molar-refractivity contribution in [2.24, 2.45) is 5.41 Å². The molecule has 0 aliphatic heterocycles. The van der Waals surface area contributed by atoms with Gasteiger partial charge in [0, 0.05) is 22.8 Å². The zero-order valence-corrected chi connectivity index (χ0v) is 9.69. The Morgan fingerprint density at radius 2 is 2.25 bits per heavy atom. The van der Waals surface area contributed by atoms with E-state index in [0.29, 0.717) is 12.1 Å². The lowest BCUT2D eigenvalue weighted by Gasteiger charge is -2.11. The summed E-state index contributed by atoms with van der Waals surface area (Å²) in [5.41, 5.74) is 6.40. The summed E-state index contributed by atoms with van der Waals surface area (Å²) < 4.78 is 12.8. The Bertz CT molecular complexity index is 435. The van der Waals surface area contributed by atoms with Gasteiger partial charge in [0.25, 0.3) is 0 Å². The van der Waals surface area contributed by atoms with E-state index in [9.17, 15) is 4.39 Å².